The maximum atomic E-state index is 9.23. The molecule has 0 bridgehead atoms. The highest BCUT2D eigenvalue weighted by atomic mass is 16.5. The summed E-state index contributed by atoms with van der Waals surface area (Å²) in [5, 5.41) is 12.5. The Labute approximate surface area is 91.1 Å². The van der Waals surface area contributed by atoms with Gasteiger partial charge >= 0.3 is 0 Å². The topological polar surface area (TPSA) is 41.5 Å². The molecular formula is C12H19NO2. The van der Waals surface area contributed by atoms with Gasteiger partial charge in [0, 0.05) is 13.2 Å². The summed E-state index contributed by atoms with van der Waals surface area (Å²) in [5.41, 5.74) is 1.11. The van der Waals surface area contributed by atoms with E-state index in [1.165, 1.54) is 0 Å². The van der Waals surface area contributed by atoms with E-state index >= 15 is 0 Å². The largest absolute Gasteiger partial charge is 0.394 e. The first-order valence-electron chi connectivity index (χ1n) is 5.35. The summed E-state index contributed by atoms with van der Waals surface area (Å²) < 4.78 is 5.22. The Balaban J connectivity index is 2.36. The van der Waals surface area contributed by atoms with Crippen LogP contribution in [0.25, 0.3) is 0 Å². The van der Waals surface area contributed by atoms with Gasteiger partial charge in [0.25, 0.3) is 0 Å². The van der Waals surface area contributed by atoms with Gasteiger partial charge in [-0.3, -0.25) is 0 Å². The summed E-state index contributed by atoms with van der Waals surface area (Å²) in [6.45, 7) is 4.25. The zero-order valence-corrected chi connectivity index (χ0v) is 9.15. The third-order valence-electron chi connectivity index (χ3n) is 2.23. The van der Waals surface area contributed by atoms with Crippen LogP contribution in [0.2, 0.25) is 0 Å². The van der Waals surface area contributed by atoms with E-state index in [-0.39, 0.29) is 12.6 Å². The zero-order valence-electron chi connectivity index (χ0n) is 9.15. The van der Waals surface area contributed by atoms with E-state index in [4.69, 9.17) is 4.74 Å². The normalized spacial score (nSPS) is 12.7. The molecule has 0 aliphatic rings. The number of ether oxygens (including phenoxy) is 1. The number of nitrogens with one attached hydrogen (secondary N) is 1. The van der Waals surface area contributed by atoms with Gasteiger partial charge in [0.05, 0.1) is 19.3 Å². The first kappa shape index (κ1) is 12.2. The molecule has 0 saturated heterocycles. The van der Waals surface area contributed by atoms with Gasteiger partial charge < -0.3 is 15.2 Å². The van der Waals surface area contributed by atoms with Crippen molar-refractivity contribution in [3.05, 3.63) is 35.9 Å². The molecule has 0 aromatic heterocycles. The first-order valence-corrected chi connectivity index (χ1v) is 5.35. The summed E-state index contributed by atoms with van der Waals surface area (Å²) in [7, 11) is 0. The molecule has 2 N–H and O–H groups in total. The minimum Gasteiger partial charge on any atom is -0.394 e. The monoisotopic (exact) mass is 209 g/mol. The highest BCUT2D eigenvalue weighted by Crippen LogP contribution is 2.10. The lowest BCUT2D eigenvalue weighted by molar-refractivity contribution is 0.142. The van der Waals surface area contributed by atoms with Gasteiger partial charge in [0.1, 0.15) is 0 Å². The second-order valence-electron chi connectivity index (χ2n) is 3.30. The Morgan fingerprint density at radius 3 is 2.67 bits per heavy atom. The van der Waals surface area contributed by atoms with Crippen molar-refractivity contribution in [3.8, 4) is 0 Å². The summed E-state index contributed by atoms with van der Waals surface area (Å²) in [6.07, 6.45) is 0. The molecular weight excluding hydrogens is 190 g/mol. The quantitative estimate of drug-likeness (QED) is 0.666. The van der Waals surface area contributed by atoms with Crippen molar-refractivity contribution >= 4 is 0 Å². The van der Waals surface area contributed by atoms with Crippen LogP contribution in [0, 0.1) is 0 Å². The predicted octanol–water partition coefficient (Wildman–Crippen LogP) is 1.35. The number of aliphatic hydroxyl groups is 1. The van der Waals surface area contributed by atoms with Gasteiger partial charge in [-0.1, -0.05) is 30.3 Å². The number of rotatable bonds is 7. The van der Waals surface area contributed by atoms with E-state index in [2.05, 4.69) is 5.32 Å². The van der Waals surface area contributed by atoms with Gasteiger partial charge in [0.15, 0.2) is 0 Å². The standard InChI is InChI=1S/C12H19NO2/c1-2-15-9-8-13-12(10-14)11-6-4-3-5-7-11/h3-7,12-14H,2,8-10H2,1H3. The minimum absolute atomic E-state index is 0.00616. The van der Waals surface area contributed by atoms with Crippen LogP contribution in [-0.4, -0.2) is 31.5 Å². The molecule has 3 nitrogen and oxygen atoms in total. The fourth-order valence-electron chi connectivity index (χ4n) is 1.42. The molecule has 0 aliphatic heterocycles. The molecule has 84 valence electrons. The Hall–Kier alpha value is -0.900. The third kappa shape index (κ3) is 4.42. The summed E-state index contributed by atoms with van der Waals surface area (Å²) >= 11 is 0. The molecule has 0 spiro atoms. The molecule has 1 aromatic rings. The SMILES string of the molecule is CCOCCNC(CO)c1ccccc1. The van der Waals surface area contributed by atoms with Crippen molar-refractivity contribution in [2.45, 2.75) is 13.0 Å². The molecule has 1 unspecified atom stereocenters. The van der Waals surface area contributed by atoms with Crippen molar-refractivity contribution in [2.75, 3.05) is 26.4 Å². The predicted molar refractivity (Wildman–Crippen MR) is 60.8 cm³/mol. The van der Waals surface area contributed by atoms with Crippen LogP contribution in [-0.2, 0) is 4.74 Å². The molecule has 0 amide bonds. The van der Waals surface area contributed by atoms with Crippen LogP contribution in [0.5, 0.6) is 0 Å². The van der Waals surface area contributed by atoms with Crippen LogP contribution >= 0.6 is 0 Å². The average molecular weight is 209 g/mol. The fourth-order valence-corrected chi connectivity index (χ4v) is 1.42. The van der Waals surface area contributed by atoms with Crippen LogP contribution < -0.4 is 5.32 Å². The average Bonchev–Trinajstić information content (AvgIpc) is 2.30. The van der Waals surface area contributed by atoms with Crippen molar-refractivity contribution in [1.82, 2.24) is 5.32 Å². The van der Waals surface area contributed by atoms with E-state index < -0.39 is 0 Å². The van der Waals surface area contributed by atoms with E-state index in [1.807, 2.05) is 37.3 Å². The van der Waals surface area contributed by atoms with E-state index in [0.29, 0.717) is 6.61 Å². The Kier molecular flexibility index (Phi) is 6.00. The lowest BCUT2D eigenvalue weighted by Gasteiger charge is -2.16. The van der Waals surface area contributed by atoms with Crippen LogP contribution in [0.3, 0.4) is 0 Å². The molecule has 0 saturated carbocycles. The molecule has 0 aliphatic carbocycles. The number of aliphatic hydroxyl groups excluding tert-OH is 1. The van der Waals surface area contributed by atoms with Gasteiger partial charge in [-0.05, 0) is 12.5 Å². The molecule has 3 heteroatoms. The number of hydrogen-bond acceptors (Lipinski definition) is 3. The summed E-state index contributed by atoms with van der Waals surface area (Å²) in [5.74, 6) is 0. The Morgan fingerprint density at radius 2 is 2.07 bits per heavy atom. The smallest absolute Gasteiger partial charge is 0.0626 e. The van der Waals surface area contributed by atoms with Gasteiger partial charge in [0.2, 0.25) is 0 Å². The highest BCUT2D eigenvalue weighted by molar-refractivity contribution is 5.18. The van der Waals surface area contributed by atoms with Crippen molar-refractivity contribution in [1.29, 1.82) is 0 Å². The molecule has 0 fully saturated rings. The van der Waals surface area contributed by atoms with Crippen molar-refractivity contribution in [2.24, 2.45) is 0 Å². The zero-order chi connectivity index (χ0) is 10.9. The second kappa shape index (κ2) is 7.40. The molecule has 1 rings (SSSR count). The third-order valence-corrected chi connectivity index (χ3v) is 2.23. The van der Waals surface area contributed by atoms with Crippen LogP contribution in [0.4, 0.5) is 0 Å². The highest BCUT2D eigenvalue weighted by Gasteiger charge is 2.07. The second-order valence-corrected chi connectivity index (χ2v) is 3.30. The Morgan fingerprint density at radius 1 is 1.33 bits per heavy atom. The van der Waals surface area contributed by atoms with E-state index in [1.54, 1.807) is 0 Å². The maximum absolute atomic E-state index is 9.23. The molecule has 1 atom stereocenters. The molecule has 1 aromatic carbocycles. The maximum Gasteiger partial charge on any atom is 0.0626 e. The van der Waals surface area contributed by atoms with Gasteiger partial charge in [-0.2, -0.15) is 0 Å². The van der Waals surface area contributed by atoms with Gasteiger partial charge in [-0.15, -0.1) is 0 Å². The molecule has 0 radical (unpaired) electrons. The molecule has 0 heterocycles. The van der Waals surface area contributed by atoms with Crippen LogP contribution in [0.1, 0.15) is 18.5 Å². The fraction of sp³-hybridized carbons (Fsp3) is 0.500. The van der Waals surface area contributed by atoms with E-state index in [9.17, 15) is 5.11 Å². The minimum atomic E-state index is 0.00616. The first-order chi connectivity index (χ1) is 7.38. The summed E-state index contributed by atoms with van der Waals surface area (Å²) in [4.78, 5) is 0. The lowest BCUT2D eigenvalue weighted by Crippen LogP contribution is -2.27. The lowest BCUT2D eigenvalue weighted by atomic mass is 10.1. The van der Waals surface area contributed by atoms with Crippen LogP contribution in [0.15, 0.2) is 30.3 Å². The van der Waals surface area contributed by atoms with Crippen molar-refractivity contribution in [3.63, 3.8) is 0 Å². The summed E-state index contributed by atoms with van der Waals surface area (Å²) in [6, 6.07) is 9.94. The Bertz CT molecular complexity index is 251. The van der Waals surface area contributed by atoms with Crippen molar-refractivity contribution < 1.29 is 9.84 Å². The number of hydrogen-bond donors (Lipinski definition) is 2. The van der Waals surface area contributed by atoms with E-state index in [0.717, 1.165) is 18.7 Å². The van der Waals surface area contributed by atoms with Gasteiger partial charge in [-0.25, -0.2) is 0 Å². The molecule has 15 heavy (non-hydrogen) atoms. The number of benzene rings is 1.